The summed E-state index contributed by atoms with van der Waals surface area (Å²) in [5, 5.41) is 0.112. The van der Waals surface area contributed by atoms with E-state index in [2.05, 4.69) is 0 Å². The van der Waals surface area contributed by atoms with Gasteiger partial charge in [-0.2, -0.15) is 4.31 Å². The van der Waals surface area contributed by atoms with Crippen LogP contribution in [0.25, 0.3) is 0 Å². The molecule has 2 aliphatic heterocycles. The smallest absolute Gasteiger partial charge is 0.206 e. The molecule has 0 aromatic carbocycles. The molecule has 0 saturated carbocycles. The van der Waals surface area contributed by atoms with E-state index >= 15 is 0 Å². The predicted molar refractivity (Wildman–Crippen MR) is 74.0 cm³/mol. The Balaban J connectivity index is 1.96. The number of nitrogens with zero attached hydrogens (tertiary/aromatic N) is 1. The molecule has 0 amide bonds. The van der Waals surface area contributed by atoms with Gasteiger partial charge in [-0.25, -0.2) is 8.42 Å². The van der Waals surface area contributed by atoms with Crippen molar-refractivity contribution in [3.8, 4) is 0 Å². The summed E-state index contributed by atoms with van der Waals surface area (Å²) in [7, 11) is -3.39. The van der Waals surface area contributed by atoms with E-state index in [1.54, 1.807) is 16.4 Å². The predicted octanol–water partition coefficient (Wildman–Crippen LogP) is 3.32. The second-order valence-electron chi connectivity index (χ2n) is 4.85. The summed E-state index contributed by atoms with van der Waals surface area (Å²) in [6, 6.07) is 3.36. The number of fused-ring (bicyclic) bond motifs is 2. The van der Waals surface area contributed by atoms with Crippen LogP contribution in [0.15, 0.2) is 16.3 Å². The van der Waals surface area contributed by atoms with Crippen LogP contribution in [-0.2, 0) is 10.0 Å². The maximum atomic E-state index is 12.6. The van der Waals surface area contributed by atoms with Crippen molar-refractivity contribution in [1.29, 1.82) is 0 Å². The minimum Gasteiger partial charge on any atom is -0.206 e. The van der Waals surface area contributed by atoms with Crippen molar-refractivity contribution >= 4 is 44.6 Å². The van der Waals surface area contributed by atoms with E-state index in [1.807, 2.05) is 0 Å². The second kappa shape index (κ2) is 4.63. The van der Waals surface area contributed by atoms with Crippen molar-refractivity contribution in [2.75, 3.05) is 0 Å². The third-order valence-electron chi connectivity index (χ3n) is 3.69. The zero-order chi connectivity index (χ0) is 12.9. The van der Waals surface area contributed by atoms with Gasteiger partial charge in [-0.05, 0) is 37.8 Å². The number of hydrogen-bond donors (Lipinski definition) is 0. The summed E-state index contributed by atoms with van der Waals surface area (Å²) in [5.41, 5.74) is 0. The van der Waals surface area contributed by atoms with E-state index in [0.29, 0.717) is 8.55 Å². The third-order valence-corrected chi connectivity index (χ3v) is 7.75. The number of piperidine rings is 1. The van der Waals surface area contributed by atoms with Gasteiger partial charge < -0.3 is 0 Å². The Morgan fingerprint density at radius 1 is 1.22 bits per heavy atom. The molecule has 3 nitrogen and oxygen atoms in total. The lowest BCUT2D eigenvalue weighted by molar-refractivity contribution is 0.252. The molecule has 2 fully saturated rings. The highest BCUT2D eigenvalue weighted by Crippen LogP contribution is 2.42. The van der Waals surface area contributed by atoms with Gasteiger partial charge in [0.15, 0.2) is 0 Å². The quantitative estimate of drug-likeness (QED) is 0.782. The highest BCUT2D eigenvalue weighted by Gasteiger charge is 2.47. The first kappa shape index (κ1) is 13.2. The van der Waals surface area contributed by atoms with Crippen molar-refractivity contribution < 1.29 is 8.42 Å². The molecule has 100 valence electrons. The van der Waals surface area contributed by atoms with E-state index in [0.717, 1.165) is 37.0 Å². The molecule has 2 bridgehead atoms. The first-order valence-corrected chi connectivity index (χ1v) is 8.98. The zero-order valence-electron chi connectivity index (χ0n) is 9.55. The van der Waals surface area contributed by atoms with Crippen LogP contribution in [0.3, 0.4) is 0 Å². The van der Waals surface area contributed by atoms with Crippen LogP contribution in [-0.4, -0.2) is 30.2 Å². The van der Waals surface area contributed by atoms with Gasteiger partial charge in [0.2, 0.25) is 0 Å². The summed E-state index contributed by atoms with van der Waals surface area (Å²) in [6.45, 7) is 0. The average Bonchev–Trinajstić information content (AvgIpc) is 2.83. The molecule has 7 heteroatoms. The van der Waals surface area contributed by atoms with E-state index in [1.165, 1.54) is 0 Å². The van der Waals surface area contributed by atoms with Gasteiger partial charge >= 0.3 is 0 Å². The molecule has 3 rings (SSSR count). The normalized spacial score (nSPS) is 32.9. The number of rotatable bonds is 2. The Labute approximate surface area is 121 Å². The Morgan fingerprint density at radius 2 is 1.83 bits per heavy atom. The molecule has 2 aliphatic rings. The fraction of sp³-hybridized carbons (Fsp3) is 0.636. The molecule has 0 radical (unpaired) electrons. The van der Waals surface area contributed by atoms with Gasteiger partial charge in [0.25, 0.3) is 10.0 Å². The SMILES string of the molecule is O=S(=O)(c1ccc(Cl)s1)N1C2CCC1CC(Cl)C2. The second-order valence-corrected chi connectivity index (χ2v) is 9.25. The first-order chi connectivity index (χ1) is 8.48. The van der Waals surface area contributed by atoms with E-state index in [4.69, 9.17) is 23.2 Å². The Kier molecular flexibility index (Phi) is 3.39. The molecule has 1 aromatic rings. The number of sulfonamides is 1. The van der Waals surface area contributed by atoms with E-state index < -0.39 is 10.0 Å². The lowest BCUT2D eigenvalue weighted by Crippen LogP contribution is -2.46. The zero-order valence-corrected chi connectivity index (χ0v) is 12.7. The van der Waals surface area contributed by atoms with Crippen molar-refractivity contribution in [1.82, 2.24) is 4.31 Å². The number of thiophene rings is 1. The van der Waals surface area contributed by atoms with Crippen LogP contribution in [0.5, 0.6) is 0 Å². The molecule has 0 N–H and O–H groups in total. The molecule has 0 aliphatic carbocycles. The Morgan fingerprint density at radius 3 is 2.33 bits per heavy atom. The summed E-state index contributed by atoms with van der Waals surface area (Å²) in [6.07, 6.45) is 3.37. The summed E-state index contributed by atoms with van der Waals surface area (Å²) < 4.78 is 27.7. The lowest BCUT2D eigenvalue weighted by Gasteiger charge is -2.35. The molecule has 1 aromatic heterocycles. The highest BCUT2D eigenvalue weighted by atomic mass is 35.5. The first-order valence-electron chi connectivity index (χ1n) is 5.91. The van der Waals surface area contributed by atoms with E-state index in [9.17, 15) is 8.42 Å². The summed E-state index contributed by atoms with van der Waals surface area (Å²) in [4.78, 5) is 0. The number of alkyl halides is 1. The van der Waals surface area contributed by atoms with Gasteiger partial charge in [-0.3, -0.25) is 0 Å². The maximum absolute atomic E-state index is 12.6. The van der Waals surface area contributed by atoms with Crippen LogP contribution >= 0.6 is 34.5 Å². The van der Waals surface area contributed by atoms with Gasteiger partial charge in [0.1, 0.15) is 4.21 Å². The standard InChI is InChI=1S/C11H13Cl2NO2S2/c12-7-5-8-1-2-9(6-7)14(8)18(15,16)11-4-3-10(13)17-11/h3-4,7-9H,1-2,5-6H2. The number of halogens is 2. The van der Waals surface area contributed by atoms with Crippen molar-refractivity contribution in [2.24, 2.45) is 0 Å². The molecule has 2 unspecified atom stereocenters. The van der Waals surface area contributed by atoms with Gasteiger partial charge in [0, 0.05) is 17.5 Å². The maximum Gasteiger partial charge on any atom is 0.253 e. The highest BCUT2D eigenvalue weighted by molar-refractivity contribution is 7.91. The van der Waals surface area contributed by atoms with Crippen LogP contribution in [0.1, 0.15) is 25.7 Å². The van der Waals surface area contributed by atoms with E-state index in [-0.39, 0.29) is 17.5 Å². The molecular formula is C11H13Cl2NO2S2. The molecule has 2 atom stereocenters. The molecule has 2 saturated heterocycles. The van der Waals surface area contributed by atoms with Crippen molar-refractivity contribution in [2.45, 2.75) is 47.4 Å². The number of hydrogen-bond acceptors (Lipinski definition) is 3. The Bertz CT molecular complexity index is 543. The van der Waals surface area contributed by atoms with Crippen molar-refractivity contribution in [3.63, 3.8) is 0 Å². The molecule has 18 heavy (non-hydrogen) atoms. The summed E-state index contributed by atoms with van der Waals surface area (Å²) in [5.74, 6) is 0. The molecule has 0 spiro atoms. The van der Waals surface area contributed by atoms with Gasteiger partial charge in [-0.15, -0.1) is 22.9 Å². The fourth-order valence-electron chi connectivity index (χ4n) is 3.00. The monoisotopic (exact) mass is 325 g/mol. The van der Waals surface area contributed by atoms with Crippen LogP contribution in [0.2, 0.25) is 4.34 Å². The third kappa shape index (κ3) is 2.10. The van der Waals surface area contributed by atoms with Crippen molar-refractivity contribution in [3.05, 3.63) is 16.5 Å². The fourth-order valence-corrected chi connectivity index (χ4v) is 6.89. The lowest BCUT2D eigenvalue weighted by atomic mass is 10.1. The molecule has 3 heterocycles. The average molecular weight is 326 g/mol. The summed E-state index contributed by atoms with van der Waals surface area (Å²) >= 11 is 13.1. The largest absolute Gasteiger partial charge is 0.253 e. The van der Waals surface area contributed by atoms with Crippen LogP contribution < -0.4 is 0 Å². The van der Waals surface area contributed by atoms with Gasteiger partial charge in [0.05, 0.1) is 4.34 Å². The Hall–Kier alpha value is 0.190. The topological polar surface area (TPSA) is 37.4 Å². The van der Waals surface area contributed by atoms with Crippen LogP contribution in [0.4, 0.5) is 0 Å². The minimum absolute atomic E-state index is 0.0668. The minimum atomic E-state index is -3.39. The molecular weight excluding hydrogens is 313 g/mol. The van der Waals surface area contributed by atoms with Gasteiger partial charge in [-0.1, -0.05) is 11.6 Å². The van der Waals surface area contributed by atoms with Crippen LogP contribution in [0, 0.1) is 0 Å².